The summed E-state index contributed by atoms with van der Waals surface area (Å²) >= 11 is 0. The van der Waals surface area contributed by atoms with Gasteiger partial charge in [0.2, 0.25) is 5.91 Å². The van der Waals surface area contributed by atoms with E-state index >= 15 is 0 Å². The minimum absolute atomic E-state index is 0.0224. The van der Waals surface area contributed by atoms with Crippen molar-refractivity contribution in [2.75, 3.05) is 46.5 Å². The molecule has 34 heavy (non-hydrogen) atoms. The van der Waals surface area contributed by atoms with E-state index in [9.17, 15) is 18.0 Å². The Morgan fingerprint density at radius 3 is 2.74 bits per heavy atom. The number of carbonyl (C=O) groups is 1. The van der Waals surface area contributed by atoms with Gasteiger partial charge >= 0.3 is 6.18 Å². The van der Waals surface area contributed by atoms with Gasteiger partial charge in [-0.3, -0.25) is 9.69 Å². The molecule has 1 amide bonds. The summed E-state index contributed by atoms with van der Waals surface area (Å²) in [6.07, 6.45) is -2.69. The van der Waals surface area contributed by atoms with E-state index in [2.05, 4.69) is 15.2 Å². The van der Waals surface area contributed by atoms with Crippen molar-refractivity contribution in [1.29, 1.82) is 0 Å². The summed E-state index contributed by atoms with van der Waals surface area (Å²) in [5.41, 5.74) is 1.26. The smallest absolute Gasteiger partial charge is 0.416 e. The number of nitrogens with one attached hydrogen (secondary N) is 2. The largest absolute Gasteiger partial charge is 0.497 e. The van der Waals surface area contributed by atoms with Gasteiger partial charge in [0.05, 0.1) is 25.9 Å². The average Bonchev–Trinajstić information content (AvgIpc) is 3.25. The van der Waals surface area contributed by atoms with Crippen molar-refractivity contribution in [1.82, 2.24) is 15.2 Å². The maximum absolute atomic E-state index is 13.4. The second-order valence-electron chi connectivity index (χ2n) is 8.34. The highest BCUT2D eigenvalue weighted by Gasteiger charge is 2.32. The van der Waals surface area contributed by atoms with Gasteiger partial charge in [-0.05, 0) is 35.4 Å². The molecule has 0 bridgehead atoms. The normalized spacial score (nSPS) is 15.9. The number of ether oxygens (including phenoxy) is 2. The fourth-order valence-corrected chi connectivity index (χ4v) is 4.31. The van der Waals surface area contributed by atoms with E-state index in [0.29, 0.717) is 37.6 Å². The zero-order chi connectivity index (χ0) is 24.1. The number of hydrogen-bond donors (Lipinski definition) is 2. The quantitative estimate of drug-likeness (QED) is 0.514. The molecule has 4 rings (SSSR count). The minimum atomic E-state index is -4.47. The maximum atomic E-state index is 13.4. The highest BCUT2D eigenvalue weighted by molar-refractivity contribution is 5.87. The van der Waals surface area contributed by atoms with Crippen molar-refractivity contribution in [2.45, 2.75) is 18.5 Å². The Morgan fingerprint density at radius 1 is 1.21 bits per heavy atom. The Bertz CT molecular complexity index is 1120. The first-order valence-corrected chi connectivity index (χ1v) is 11.2. The number of amides is 1. The topological polar surface area (TPSA) is 66.6 Å². The molecule has 1 saturated heterocycles. The third kappa shape index (κ3) is 5.71. The summed E-state index contributed by atoms with van der Waals surface area (Å²) in [6, 6.07) is 10.7. The number of benzene rings is 2. The standard InChI is InChI=1S/C25H28F3N3O3/c1-33-19-5-6-23-21(14-19)22(16-30-23)20(17-3-2-4-18(13-17)25(26,27)28)15-24(32)29-7-8-31-9-11-34-12-10-31/h2-6,13-14,16,20,30H,7-12,15H2,1H3,(H,29,32)/t20-/m1/s1. The first kappa shape index (κ1) is 24.1. The molecule has 2 N–H and O–H groups in total. The molecule has 182 valence electrons. The lowest BCUT2D eigenvalue weighted by Gasteiger charge is -2.26. The highest BCUT2D eigenvalue weighted by Crippen LogP contribution is 2.37. The summed E-state index contributed by atoms with van der Waals surface area (Å²) in [5.74, 6) is -0.148. The third-order valence-corrected chi connectivity index (χ3v) is 6.16. The number of carbonyl (C=O) groups excluding carboxylic acids is 1. The molecule has 1 aliphatic heterocycles. The van der Waals surface area contributed by atoms with Crippen LogP contribution in [0.4, 0.5) is 13.2 Å². The molecule has 0 unspecified atom stereocenters. The number of fused-ring (bicyclic) bond motifs is 1. The number of aromatic nitrogens is 1. The lowest BCUT2D eigenvalue weighted by molar-refractivity contribution is -0.137. The molecule has 0 spiro atoms. The van der Waals surface area contributed by atoms with Gasteiger partial charge in [0, 0.05) is 55.6 Å². The molecule has 0 radical (unpaired) electrons. The Morgan fingerprint density at radius 2 is 2.00 bits per heavy atom. The number of aromatic amines is 1. The van der Waals surface area contributed by atoms with Gasteiger partial charge < -0.3 is 19.8 Å². The van der Waals surface area contributed by atoms with Crippen molar-refractivity contribution in [3.63, 3.8) is 0 Å². The van der Waals surface area contributed by atoms with Crippen LogP contribution in [-0.4, -0.2) is 62.3 Å². The molecule has 2 aromatic carbocycles. The molecular formula is C25H28F3N3O3. The number of morpholine rings is 1. The molecule has 1 atom stereocenters. The molecule has 9 heteroatoms. The predicted octanol–water partition coefficient (Wildman–Crippen LogP) is 4.17. The van der Waals surface area contributed by atoms with E-state index in [1.54, 1.807) is 25.4 Å². The van der Waals surface area contributed by atoms with Gasteiger partial charge in [-0.15, -0.1) is 0 Å². The maximum Gasteiger partial charge on any atom is 0.416 e. The van der Waals surface area contributed by atoms with Gasteiger partial charge in [-0.25, -0.2) is 0 Å². The summed E-state index contributed by atoms with van der Waals surface area (Å²) in [7, 11) is 1.56. The minimum Gasteiger partial charge on any atom is -0.497 e. The third-order valence-electron chi connectivity index (χ3n) is 6.16. The summed E-state index contributed by atoms with van der Waals surface area (Å²) in [5, 5.41) is 3.74. The fraction of sp³-hybridized carbons (Fsp3) is 0.400. The van der Waals surface area contributed by atoms with Gasteiger partial charge in [0.1, 0.15) is 5.75 Å². The van der Waals surface area contributed by atoms with Gasteiger partial charge in [0.25, 0.3) is 0 Å². The van der Waals surface area contributed by atoms with Gasteiger partial charge in [-0.1, -0.05) is 18.2 Å². The van der Waals surface area contributed by atoms with Gasteiger partial charge in [-0.2, -0.15) is 13.2 Å². The molecular weight excluding hydrogens is 447 g/mol. The Kier molecular flexibility index (Phi) is 7.43. The Hall–Kier alpha value is -3.04. The van der Waals surface area contributed by atoms with Crippen molar-refractivity contribution >= 4 is 16.8 Å². The number of methoxy groups -OCH3 is 1. The first-order valence-electron chi connectivity index (χ1n) is 11.2. The van der Waals surface area contributed by atoms with Crippen molar-refractivity contribution in [3.05, 3.63) is 65.4 Å². The molecule has 3 aromatic rings. The lowest BCUT2D eigenvalue weighted by Crippen LogP contribution is -2.41. The van der Waals surface area contributed by atoms with Crippen molar-refractivity contribution < 1.29 is 27.4 Å². The molecule has 0 saturated carbocycles. The molecule has 0 aliphatic carbocycles. The van der Waals surface area contributed by atoms with Crippen LogP contribution in [0.2, 0.25) is 0 Å². The number of halogens is 3. The van der Waals surface area contributed by atoms with Gasteiger partial charge in [0.15, 0.2) is 0 Å². The van der Waals surface area contributed by atoms with E-state index in [0.717, 1.165) is 41.7 Å². The zero-order valence-corrected chi connectivity index (χ0v) is 19.0. The van der Waals surface area contributed by atoms with E-state index in [4.69, 9.17) is 9.47 Å². The van der Waals surface area contributed by atoms with E-state index in [-0.39, 0.29) is 12.3 Å². The number of alkyl halides is 3. The van der Waals surface area contributed by atoms with Crippen LogP contribution in [0.3, 0.4) is 0 Å². The molecule has 1 fully saturated rings. The SMILES string of the molecule is COc1ccc2[nH]cc([C@H](CC(=O)NCCN3CCOCC3)c3cccc(C(F)(F)F)c3)c2c1. The van der Waals surface area contributed by atoms with Crippen LogP contribution in [0.1, 0.15) is 29.0 Å². The summed E-state index contributed by atoms with van der Waals surface area (Å²) in [6.45, 7) is 4.16. The second-order valence-corrected chi connectivity index (χ2v) is 8.34. The molecule has 1 aromatic heterocycles. The number of H-pyrrole nitrogens is 1. The van der Waals surface area contributed by atoms with Crippen LogP contribution in [0.15, 0.2) is 48.7 Å². The number of rotatable bonds is 8. The van der Waals surface area contributed by atoms with Crippen LogP contribution in [0.25, 0.3) is 10.9 Å². The highest BCUT2D eigenvalue weighted by atomic mass is 19.4. The van der Waals surface area contributed by atoms with Crippen molar-refractivity contribution in [3.8, 4) is 5.75 Å². The van der Waals surface area contributed by atoms with Crippen LogP contribution in [0.5, 0.6) is 5.75 Å². The monoisotopic (exact) mass is 475 g/mol. The Balaban J connectivity index is 1.59. The van der Waals surface area contributed by atoms with E-state index in [1.165, 1.54) is 6.07 Å². The summed E-state index contributed by atoms with van der Waals surface area (Å²) < 4.78 is 50.9. The average molecular weight is 476 g/mol. The van der Waals surface area contributed by atoms with Crippen LogP contribution in [0, 0.1) is 0 Å². The van der Waals surface area contributed by atoms with E-state index < -0.39 is 17.7 Å². The zero-order valence-electron chi connectivity index (χ0n) is 19.0. The number of nitrogens with zero attached hydrogens (tertiary/aromatic N) is 1. The molecule has 6 nitrogen and oxygen atoms in total. The second kappa shape index (κ2) is 10.5. The lowest BCUT2D eigenvalue weighted by atomic mass is 9.87. The molecule has 2 heterocycles. The van der Waals surface area contributed by atoms with Crippen LogP contribution in [-0.2, 0) is 15.7 Å². The predicted molar refractivity (Wildman–Crippen MR) is 123 cm³/mol. The van der Waals surface area contributed by atoms with Crippen LogP contribution < -0.4 is 10.1 Å². The van der Waals surface area contributed by atoms with Crippen LogP contribution >= 0.6 is 0 Å². The molecule has 1 aliphatic rings. The van der Waals surface area contributed by atoms with Crippen molar-refractivity contribution in [2.24, 2.45) is 0 Å². The summed E-state index contributed by atoms with van der Waals surface area (Å²) in [4.78, 5) is 18.3. The first-order chi connectivity index (χ1) is 16.3. The Labute approximate surface area is 196 Å². The number of hydrogen-bond acceptors (Lipinski definition) is 4. The fourth-order valence-electron chi connectivity index (χ4n) is 4.31. The van der Waals surface area contributed by atoms with E-state index in [1.807, 2.05) is 12.1 Å².